The summed E-state index contributed by atoms with van der Waals surface area (Å²) in [5.41, 5.74) is 1.12. The van der Waals surface area contributed by atoms with Crippen molar-refractivity contribution in [2.45, 2.75) is 25.3 Å². The number of hydrogen-bond donors (Lipinski definition) is 1. The van der Waals surface area contributed by atoms with Crippen molar-refractivity contribution < 1.29 is 0 Å². The quantitative estimate of drug-likeness (QED) is 0.729. The molecule has 0 saturated heterocycles. The topological polar surface area (TPSA) is 29.9 Å². The first kappa shape index (κ1) is 8.62. The zero-order chi connectivity index (χ0) is 10.5. The van der Waals surface area contributed by atoms with Gasteiger partial charge in [0.15, 0.2) is 0 Å². The Balaban J connectivity index is 1.96. The summed E-state index contributed by atoms with van der Waals surface area (Å²) in [4.78, 5) is 0. The summed E-state index contributed by atoms with van der Waals surface area (Å²) >= 11 is 0. The summed E-state index contributed by atoms with van der Waals surface area (Å²) in [7, 11) is 0. The Labute approximate surface area is 94.4 Å². The molecule has 1 aliphatic carbocycles. The van der Waals surface area contributed by atoms with E-state index in [0.29, 0.717) is 6.04 Å². The highest BCUT2D eigenvalue weighted by molar-refractivity contribution is 5.90. The van der Waals surface area contributed by atoms with E-state index < -0.39 is 0 Å². The van der Waals surface area contributed by atoms with E-state index >= 15 is 0 Å². The van der Waals surface area contributed by atoms with E-state index in [1.54, 1.807) is 0 Å². The highest BCUT2D eigenvalue weighted by Crippen LogP contribution is 2.42. The van der Waals surface area contributed by atoms with E-state index in [4.69, 9.17) is 5.10 Å². The van der Waals surface area contributed by atoms with E-state index in [0.717, 1.165) is 18.0 Å². The number of nitrogens with zero attached hydrogens (tertiary/aromatic N) is 2. The maximum atomic E-state index is 4.75. The number of fused-ring (bicyclic) bond motifs is 5. The van der Waals surface area contributed by atoms with Crippen molar-refractivity contribution in [1.82, 2.24) is 9.78 Å². The minimum absolute atomic E-state index is 0.642. The number of rotatable bonds is 0. The van der Waals surface area contributed by atoms with E-state index in [-0.39, 0.29) is 0 Å². The molecule has 2 aromatic rings. The van der Waals surface area contributed by atoms with Crippen molar-refractivity contribution in [2.24, 2.45) is 5.92 Å². The van der Waals surface area contributed by atoms with Gasteiger partial charge in [0.05, 0.1) is 11.6 Å². The van der Waals surface area contributed by atoms with Crippen LogP contribution in [0.15, 0.2) is 24.3 Å². The number of nitrogens with one attached hydrogen (secondary N) is 1. The molecule has 1 aliphatic heterocycles. The van der Waals surface area contributed by atoms with Gasteiger partial charge in [-0.2, -0.15) is 5.10 Å². The van der Waals surface area contributed by atoms with Gasteiger partial charge in [-0.15, -0.1) is 0 Å². The smallest absolute Gasteiger partial charge is 0.132 e. The van der Waals surface area contributed by atoms with Gasteiger partial charge in [0.2, 0.25) is 0 Å². The minimum atomic E-state index is 0.642. The zero-order valence-electron chi connectivity index (χ0n) is 9.19. The second-order valence-electron chi connectivity index (χ2n) is 4.95. The molecule has 1 N–H and O–H groups in total. The van der Waals surface area contributed by atoms with Gasteiger partial charge in [0.1, 0.15) is 5.82 Å². The first-order valence-corrected chi connectivity index (χ1v) is 6.14. The first-order valence-electron chi connectivity index (χ1n) is 6.14. The molecule has 2 heterocycles. The van der Waals surface area contributed by atoms with Crippen LogP contribution in [0, 0.1) is 5.92 Å². The average Bonchev–Trinajstić information content (AvgIpc) is 2.92. The van der Waals surface area contributed by atoms with Crippen molar-refractivity contribution >= 4 is 16.7 Å². The van der Waals surface area contributed by atoms with Crippen molar-refractivity contribution in [1.29, 1.82) is 0 Å². The molecule has 0 spiro atoms. The van der Waals surface area contributed by atoms with Crippen molar-refractivity contribution in [3.63, 3.8) is 0 Å². The van der Waals surface area contributed by atoms with E-state index in [1.165, 1.54) is 30.5 Å². The fraction of sp³-hybridized carbons (Fsp3) is 0.462. The molecule has 16 heavy (non-hydrogen) atoms. The molecule has 1 saturated carbocycles. The molecule has 1 aromatic carbocycles. The van der Waals surface area contributed by atoms with Crippen LogP contribution in [0.25, 0.3) is 10.9 Å². The van der Waals surface area contributed by atoms with Gasteiger partial charge in [-0.1, -0.05) is 18.6 Å². The predicted octanol–water partition coefficient (Wildman–Crippen LogP) is 2.80. The van der Waals surface area contributed by atoms with Gasteiger partial charge >= 0.3 is 0 Å². The maximum Gasteiger partial charge on any atom is 0.132 e. The lowest BCUT2D eigenvalue weighted by Crippen LogP contribution is -2.29. The van der Waals surface area contributed by atoms with E-state index in [1.807, 2.05) is 0 Å². The SMILES string of the molecule is c1ccc2c3n(nc2c1)C1CCCC1CN3. The van der Waals surface area contributed by atoms with Crippen molar-refractivity contribution in [3.05, 3.63) is 24.3 Å². The van der Waals surface area contributed by atoms with Crippen LogP contribution in [0.5, 0.6) is 0 Å². The molecule has 4 rings (SSSR count). The predicted molar refractivity (Wildman–Crippen MR) is 64.6 cm³/mol. The van der Waals surface area contributed by atoms with Gasteiger partial charge in [-0.25, -0.2) is 4.68 Å². The van der Waals surface area contributed by atoms with E-state index in [2.05, 4.69) is 34.3 Å². The number of anilines is 1. The Hall–Kier alpha value is -1.51. The van der Waals surface area contributed by atoms with Crippen molar-refractivity contribution in [2.75, 3.05) is 11.9 Å². The zero-order valence-corrected chi connectivity index (χ0v) is 9.19. The Bertz CT molecular complexity index is 543. The van der Waals surface area contributed by atoms with Crippen LogP contribution >= 0.6 is 0 Å². The Morgan fingerprint density at radius 3 is 3.19 bits per heavy atom. The Kier molecular flexibility index (Phi) is 1.62. The van der Waals surface area contributed by atoms with Crippen LogP contribution in [0.2, 0.25) is 0 Å². The monoisotopic (exact) mass is 213 g/mol. The summed E-state index contributed by atoms with van der Waals surface area (Å²) in [6.07, 6.45) is 4.01. The molecule has 1 aromatic heterocycles. The molecule has 2 atom stereocenters. The van der Waals surface area contributed by atoms with Crippen LogP contribution in [0.1, 0.15) is 25.3 Å². The largest absolute Gasteiger partial charge is 0.369 e. The van der Waals surface area contributed by atoms with Gasteiger partial charge in [0, 0.05) is 11.9 Å². The fourth-order valence-corrected chi connectivity index (χ4v) is 3.27. The van der Waals surface area contributed by atoms with Gasteiger partial charge in [-0.3, -0.25) is 0 Å². The van der Waals surface area contributed by atoms with Crippen molar-refractivity contribution in [3.8, 4) is 0 Å². The number of hydrogen-bond acceptors (Lipinski definition) is 2. The van der Waals surface area contributed by atoms with Gasteiger partial charge < -0.3 is 5.32 Å². The lowest BCUT2D eigenvalue weighted by Gasteiger charge is -2.28. The summed E-state index contributed by atoms with van der Waals surface area (Å²) in [5, 5.41) is 9.58. The van der Waals surface area contributed by atoms with E-state index in [9.17, 15) is 0 Å². The summed E-state index contributed by atoms with van der Waals surface area (Å²) in [6, 6.07) is 9.06. The van der Waals surface area contributed by atoms with Crippen LogP contribution in [-0.2, 0) is 0 Å². The van der Waals surface area contributed by atoms with Crippen LogP contribution in [0.3, 0.4) is 0 Å². The Morgan fingerprint density at radius 1 is 1.25 bits per heavy atom. The van der Waals surface area contributed by atoms with Crippen LogP contribution in [-0.4, -0.2) is 16.3 Å². The molecule has 2 unspecified atom stereocenters. The molecule has 0 radical (unpaired) electrons. The molecular formula is C13H15N3. The van der Waals surface area contributed by atoms with Gasteiger partial charge in [0.25, 0.3) is 0 Å². The maximum absolute atomic E-state index is 4.75. The third kappa shape index (κ3) is 1.01. The summed E-state index contributed by atoms with van der Waals surface area (Å²) < 4.78 is 2.24. The fourth-order valence-electron chi connectivity index (χ4n) is 3.27. The van der Waals surface area contributed by atoms with Crippen LogP contribution < -0.4 is 5.32 Å². The molecule has 3 nitrogen and oxygen atoms in total. The Morgan fingerprint density at radius 2 is 2.19 bits per heavy atom. The lowest BCUT2D eigenvalue weighted by molar-refractivity contribution is 0.349. The standard InChI is InChI=1S/C13H15N3/c1-2-6-11-10(5-1)13-14-8-9-4-3-7-12(9)16(13)15-11/h1-2,5-6,9,12,14H,3-4,7-8H2. The summed E-state index contributed by atoms with van der Waals surface area (Å²) in [5.74, 6) is 2.03. The molecule has 3 heteroatoms. The molecule has 2 aliphatic rings. The second kappa shape index (κ2) is 3.00. The third-order valence-corrected chi connectivity index (χ3v) is 4.07. The average molecular weight is 213 g/mol. The molecule has 1 fully saturated rings. The first-order chi connectivity index (χ1) is 7.93. The third-order valence-electron chi connectivity index (χ3n) is 4.07. The van der Waals surface area contributed by atoms with Crippen LogP contribution in [0.4, 0.5) is 5.82 Å². The number of aromatic nitrogens is 2. The molecule has 0 amide bonds. The summed E-state index contributed by atoms with van der Waals surface area (Å²) in [6.45, 7) is 1.13. The second-order valence-corrected chi connectivity index (χ2v) is 4.95. The highest BCUT2D eigenvalue weighted by atomic mass is 15.4. The molecular weight excluding hydrogens is 198 g/mol. The van der Waals surface area contributed by atoms with Gasteiger partial charge in [-0.05, 0) is 30.9 Å². The molecule has 0 bridgehead atoms. The number of benzene rings is 1. The lowest BCUT2D eigenvalue weighted by atomic mass is 10.0. The minimum Gasteiger partial charge on any atom is -0.369 e. The highest BCUT2D eigenvalue weighted by Gasteiger charge is 2.34. The normalized spacial score (nSPS) is 27.5. The molecule has 82 valence electrons.